The molecule has 3 atom stereocenters. The molecule has 2 aliphatic heterocycles. The Hall–Kier alpha value is -3.71. The van der Waals surface area contributed by atoms with Crippen molar-refractivity contribution < 1.29 is 33.6 Å². The monoisotopic (exact) mass is 462 g/mol. The lowest BCUT2D eigenvalue weighted by atomic mass is 9.74. The highest BCUT2D eigenvalue weighted by Crippen LogP contribution is 2.49. The molecule has 0 bridgehead atoms. The van der Waals surface area contributed by atoms with Crippen LogP contribution in [0.1, 0.15) is 42.1 Å². The van der Waals surface area contributed by atoms with Crippen LogP contribution in [0.4, 0.5) is 0 Å². The summed E-state index contributed by atoms with van der Waals surface area (Å²) in [5, 5.41) is 11.5. The first kappa shape index (κ1) is 22.1. The second-order valence-corrected chi connectivity index (χ2v) is 8.31. The molecule has 5 rings (SSSR count). The number of aliphatic hydroxyl groups excluding tert-OH is 1. The molecule has 0 saturated heterocycles. The third-order valence-corrected chi connectivity index (χ3v) is 6.17. The van der Waals surface area contributed by atoms with E-state index in [1.165, 1.54) is 0 Å². The Bertz CT molecular complexity index is 1210. The van der Waals surface area contributed by atoms with Gasteiger partial charge >= 0.3 is 5.97 Å². The van der Waals surface area contributed by atoms with Gasteiger partial charge in [0, 0.05) is 17.5 Å². The first-order valence-corrected chi connectivity index (χ1v) is 11.3. The molecule has 34 heavy (non-hydrogen) atoms. The largest absolute Gasteiger partial charge is 0.497 e. The number of benzene rings is 3. The number of fused-ring (bicyclic) bond motifs is 2. The van der Waals surface area contributed by atoms with Gasteiger partial charge in [0.05, 0.1) is 25.7 Å². The lowest BCUT2D eigenvalue weighted by molar-refractivity contribution is -0.145. The highest BCUT2D eigenvalue weighted by Gasteiger charge is 2.44. The van der Waals surface area contributed by atoms with E-state index in [4.69, 9.17) is 23.7 Å². The van der Waals surface area contributed by atoms with Crippen molar-refractivity contribution in [2.75, 3.05) is 20.5 Å². The summed E-state index contributed by atoms with van der Waals surface area (Å²) < 4.78 is 27.7. The fourth-order valence-electron chi connectivity index (χ4n) is 4.51. The van der Waals surface area contributed by atoms with Crippen molar-refractivity contribution in [1.82, 2.24) is 0 Å². The van der Waals surface area contributed by atoms with Crippen LogP contribution in [-0.4, -0.2) is 31.6 Å². The van der Waals surface area contributed by atoms with Crippen LogP contribution >= 0.6 is 0 Å². The van der Waals surface area contributed by atoms with E-state index in [9.17, 15) is 9.90 Å². The zero-order valence-electron chi connectivity index (χ0n) is 19.0. The van der Waals surface area contributed by atoms with Gasteiger partial charge in [-0.2, -0.15) is 0 Å². The highest BCUT2D eigenvalue weighted by molar-refractivity contribution is 5.81. The summed E-state index contributed by atoms with van der Waals surface area (Å²) in [7, 11) is 1.56. The SMILES string of the molecule is CCCOc1cccc([C@H]2c3ccc(OC)cc3OC(=O)[C@@H]2C(O)c2ccc3c(c2)OCO3)c1. The molecule has 3 aromatic carbocycles. The maximum atomic E-state index is 13.3. The predicted molar refractivity (Wildman–Crippen MR) is 124 cm³/mol. The quantitative estimate of drug-likeness (QED) is 0.405. The molecule has 3 aromatic rings. The second kappa shape index (κ2) is 9.27. The molecule has 176 valence electrons. The van der Waals surface area contributed by atoms with Crippen LogP contribution in [0.25, 0.3) is 0 Å². The van der Waals surface area contributed by atoms with Crippen LogP contribution in [-0.2, 0) is 4.79 Å². The first-order valence-electron chi connectivity index (χ1n) is 11.3. The smallest absolute Gasteiger partial charge is 0.318 e. The van der Waals surface area contributed by atoms with E-state index in [2.05, 4.69) is 0 Å². The summed E-state index contributed by atoms with van der Waals surface area (Å²) in [6.07, 6.45) is -0.254. The van der Waals surface area contributed by atoms with Crippen molar-refractivity contribution in [1.29, 1.82) is 0 Å². The number of carbonyl (C=O) groups excluding carboxylic acids is 1. The molecule has 0 amide bonds. The molecule has 0 aromatic heterocycles. The molecule has 1 unspecified atom stereocenters. The molecular weight excluding hydrogens is 436 g/mol. The highest BCUT2D eigenvalue weighted by atomic mass is 16.7. The molecule has 7 heteroatoms. The van der Waals surface area contributed by atoms with Crippen molar-refractivity contribution in [2.24, 2.45) is 5.92 Å². The van der Waals surface area contributed by atoms with Crippen LogP contribution in [0.3, 0.4) is 0 Å². The molecule has 1 N–H and O–H groups in total. The van der Waals surface area contributed by atoms with Gasteiger partial charge in [0.2, 0.25) is 6.79 Å². The minimum Gasteiger partial charge on any atom is -0.497 e. The fraction of sp³-hybridized carbons (Fsp3) is 0.296. The number of rotatable bonds is 7. The Morgan fingerprint density at radius 1 is 1.00 bits per heavy atom. The summed E-state index contributed by atoms with van der Waals surface area (Å²) in [5.74, 6) is 0.994. The Kier molecular flexibility index (Phi) is 6.02. The lowest BCUT2D eigenvalue weighted by Gasteiger charge is -2.35. The number of carbonyl (C=O) groups is 1. The maximum Gasteiger partial charge on any atom is 0.318 e. The number of hydrogen-bond acceptors (Lipinski definition) is 7. The summed E-state index contributed by atoms with van der Waals surface area (Å²) in [5.41, 5.74) is 2.19. The number of aliphatic hydroxyl groups is 1. The van der Waals surface area contributed by atoms with Crippen molar-refractivity contribution in [2.45, 2.75) is 25.4 Å². The summed E-state index contributed by atoms with van der Waals surface area (Å²) in [6.45, 7) is 2.76. The molecule has 0 saturated carbocycles. The second-order valence-electron chi connectivity index (χ2n) is 8.31. The van der Waals surface area contributed by atoms with Gasteiger partial charge in [0.1, 0.15) is 17.2 Å². The molecule has 0 spiro atoms. The van der Waals surface area contributed by atoms with E-state index in [1.54, 1.807) is 31.4 Å². The van der Waals surface area contributed by atoms with E-state index in [-0.39, 0.29) is 6.79 Å². The predicted octanol–water partition coefficient (Wildman–Crippen LogP) is 4.61. The number of esters is 1. The molecule has 0 fully saturated rings. The van der Waals surface area contributed by atoms with Crippen molar-refractivity contribution in [3.8, 4) is 28.7 Å². The van der Waals surface area contributed by atoms with Gasteiger partial charge in [-0.15, -0.1) is 0 Å². The van der Waals surface area contributed by atoms with Crippen molar-refractivity contribution in [3.05, 3.63) is 77.4 Å². The first-order chi connectivity index (χ1) is 16.6. The van der Waals surface area contributed by atoms with Gasteiger partial charge in [0.25, 0.3) is 0 Å². The van der Waals surface area contributed by atoms with Gasteiger partial charge in [-0.3, -0.25) is 4.79 Å². The Balaban J connectivity index is 1.59. The third kappa shape index (κ3) is 4.03. The summed E-state index contributed by atoms with van der Waals surface area (Å²) in [4.78, 5) is 13.3. The Labute approximate surface area is 197 Å². The molecule has 2 aliphatic rings. The molecular formula is C27H26O7. The molecule has 0 radical (unpaired) electrons. The Morgan fingerprint density at radius 3 is 2.68 bits per heavy atom. The normalized spacial score (nSPS) is 19.2. The van der Waals surface area contributed by atoms with Crippen LogP contribution in [0.5, 0.6) is 28.7 Å². The zero-order chi connectivity index (χ0) is 23.7. The Morgan fingerprint density at radius 2 is 1.85 bits per heavy atom. The van der Waals surface area contributed by atoms with E-state index in [0.29, 0.717) is 40.9 Å². The van der Waals surface area contributed by atoms with Gasteiger partial charge in [-0.1, -0.05) is 31.2 Å². The zero-order valence-corrected chi connectivity index (χ0v) is 19.0. The lowest BCUT2D eigenvalue weighted by Crippen LogP contribution is -2.36. The van der Waals surface area contributed by atoms with Crippen LogP contribution in [0.15, 0.2) is 60.7 Å². The maximum absolute atomic E-state index is 13.3. The average molecular weight is 462 g/mol. The van der Waals surface area contributed by atoms with Crippen molar-refractivity contribution in [3.63, 3.8) is 0 Å². The van der Waals surface area contributed by atoms with Gasteiger partial charge < -0.3 is 28.8 Å². The van der Waals surface area contributed by atoms with Crippen LogP contribution in [0.2, 0.25) is 0 Å². The molecule has 7 nitrogen and oxygen atoms in total. The standard InChI is InChI=1S/C27H26O7/c1-3-11-31-19-6-4-5-16(12-19)24-20-9-8-18(30-2)14-22(20)34-27(29)25(24)26(28)17-7-10-21-23(13-17)33-15-32-21/h4-10,12-14,24-26,28H,3,11,15H2,1-2H3/t24-,25-,26?/m0/s1. The molecule has 2 heterocycles. The fourth-order valence-corrected chi connectivity index (χ4v) is 4.51. The summed E-state index contributed by atoms with van der Waals surface area (Å²) >= 11 is 0. The minimum absolute atomic E-state index is 0.128. The van der Waals surface area contributed by atoms with Gasteiger partial charge in [0.15, 0.2) is 11.5 Å². The van der Waals surface area contributed by atoms with Crippen LogP contribution in [0, 0.1) is 5.92 Å². The van der Waals surface area contributed by atoms with Gasteiger partial charge in [-0.05, 0) is 47.9 Å². The van der Waals surface area contributed by atoms with E-state index < -0.39 is 23.9 Å². The van der Waals surface area contributed by atoms with Crippen LogP contribution < -0.4 is 23.7 Å². The molecule has 0 aliphatic carbocycles. The van der Waals surface area contributed by atoms with Gasteiger partial charge in [-0.25, -0.2) is 0 Å². The topological polar surface area (TPSA) is 83.5 Å². The number of hydrogen-bond donors (Lipinski definition) is 1. The summed E-state index contributed by atoms with van der Waals surface area (Å²) in [6, 6.07) is 18.2. The average Bonchev–Trinajstić information content (AvgIpc) is 3.34. The minimum atomic E-state index is -1.14. The third-order valence-electron chi connectivity index (χ3n) is 6.17. The van der Waals surface area contributed by atoms with Crippen molar-refractivity contribution >= 4 is 5.97 Å². The number of ether oxygens (including phenoxy) is 5. The van der Waals surface area contributed by atoms with E-state index in [1.807, 2.05) is 43.3 Å². The number of methoxy groups -OCH3 is 1. The van der Waals surface area contributed by atoms with E-state index >= 15 is 0 Å². The van der Waals surface area contributed by atoms with E-state index in [0.717, 1.165) is 17.5 Å².